The van der Waals surface area contributed by atoms with Crippen LogP contribution in [0.3, 0.4) is 0 Å². The number of hydrogen-bond donors (Lipinski definition) is 0. The predicted octanol–water partition coefficient (Wildman–Crippen LogP) is 6.19. The molecule has 0 spiro atoms. The van der Waals surface area contributed by atoms with Gasteiger partial charge in [-0.05, 0) is 54.3 Å². The normalized spacial score (nSPS) is 12.5. The van der Waals surface area contributed by atoms with Crippen LogP contribution < -0.4 is 0 Å². The summed E-state index contributed by atoms with van der Waals surface area (Å²) in [5, 5.41) is -0.0719. The molecule has 0 aliphatic carbocycles. The lowest BCUT2D eigenvalue weighted by molar-refractivity contribution is 0.618. The average molecular weight is 362 g/mol. The Bertz CT molecular complexity index is 626. The summed E-state index contributed by atoms with van der Waals surface area (Å²) in [6.07, 6.45) is 0. The SMILES string of the molecule is Cc1ccc(C(Cl)c2cc(C)c(F)cc2Cl)c(Br)c1. The van der Waals surface area contributed by atoms with E-state index in [-0.39, 0.29) is 5.82 Å². The minimum atomic E-state index is -0.415. The van der Waals surface area contributed by atoms with E-state index in [2.05, 4.69) is 15.9 Å². The first-order valence-electron chi connectivity index (χ1n) is 5.76. The molecular weight excluding hydrogens is 350 g/mol. The Morgan fingerprint density at radius 2 is 1.79 bits per heavy atom. The molecule has 1 unspecified atom stereocenters. The lowest BCUT2D eigenvalue weighted by atomic mass is 10.0. The summed E-state index contributed by atoms with van der Waals surface area (Å²) < 4.78 is 14.3. The lowest BCUT2D eigenvalue weighted by Gasteiger charge is -2.15. The topological polar surface area (TPSA) is 0 Å². The molecule has 0 amide bonds. The van der Waals surface area contributed by atoms with Crippen LogP contribution in [0.2, 0.25) is 5.02 Å². The van der Waals surface area contributed by atoms with Gasteiger partial charge in [-0.2, -0.15) is 0 Å². The fraction of sp³-hybridized carbons (Fsp3) is 0.200. The Morgan fingerprint density at radius 3 is 2.42 bits per heavy atom. The zero-order chi connectivity index (χ0) is 14.2. The van der Waals surface area contributed by atoms with Crippen molar-refractivity contribution in [3.05, 3.63) is 67.9 Å². The molecule has 0 aliphatic rings. The van der Waals surface area contributed by atoms with Crippen LogP contribution in [0.25, 0.3) is 0 Å². The smallest absolute Gasteiger partial charge is 0.127 e. The molecule has 0 heterocycles. The molecule has 0 saturated carbocycles. The monoisotopic (exact) mass is 360 g/mol. The van der Waals surface area contributed by atoms with Crippen molar-refractivity contribution in [2.24, 2.45) is 0 Å². The highest BCUT2D eigenvalue weighted by molar-refractivity contribution is 9.10. The second kappa shape index (κ2) is 5.82. The van der Waals surface area contributed by atoms with Gasteiger partial charge in [-0.1, -0.05) is 39.7 Å². The van der Waals surface area contributed by atoms with Crippen LogP contribution in [0.4, 0.5) is 4.39 Å². The Kier molecular flexibility index (Phi) is 4.54. The molecular formula is C15H12BrCl2F. The van der Waals surface area contributed by atoms with E-state index in [0.717, 1.165) is 15.6 Å². The molecule has 100 valence electrons. The maximum Gasteiger partial charge on any atom is 0.127 e. The van der Waals surface area contributed by atoms with Crippen molar-refractivity contribution >= 4 is 39.1 Å². The van der Waals surface area contributed by atoms with Gasteiger partial charge in [0.2, 0.25) is 0 Å². The summed E-state index contributed by atoms with van der Waals surface area (Å²) in [6, 6.07) is 8.94. The molecule has 0 nitrogen and oxygen atoms in total. The molecule has 0 aliphatic heterocycles. The van der Waals surface area contributed by atoms with Crippen molar-refractivity contribution in [1.82, 2.24) is 0 Å². The van der Waals surface area contributed by atoms with Gasteiger partial charge < -0.3 is 0 Å². The standard InChI is InChI=1S/C15H12BrCl2F/c1-8-3-4-10(12(16)5-8)15(18)11-6-9(2)14(19)7-13(11)17/h3-7,15H,1-2H3. The second-order valence-electron chi connectivity index (χ2n) is 4.51. The van der Waals surface area contributed by atoms with E-state index >= 15 is 0 Å². The summed E-state index contributed by atoms with van der Waals surface area (Å²) >= 11 is 16.1. The number of rotatable bonds is 2. The van der Waals surface area contributed by atoms with Gasteiger partial charge in [0.05, 0.1) is 5.38 Å². The van der Waals surface area contributed by atoms with Crippen LogP contribution in [-0.4, -0.2) is 0 Å². The Balaban J connectivity index is 2.49. The summed E-state index contributed by atoms with van der Waals surface area (Å²) in [7, 11) is 0. The van der Waals surface area contributed by atoms with E-state index in [0.29, 0.717) is 16.1 Å². The molecule has 19 heavy (non-hydrogen) atoms. The first-order chi connectivity index (χ1) is 8.90. The number of aryl methyl sites for hydroxylation is 2. The van der Waals surface area contributed by atoms with Crippen molar-refractivity contribution in [2.75, 3.05) is 0 Å². The van der Waals surface area contributed by atoms with Crippen molar-refractivity contribution in [1.29, 1.82) is 0 Å². The maximum absolute atomic E-state index is 13.4. The summed E-state index contributed by atoms with van der Waals surface area (Å²) in [6.45, 7) is 3.70. The first kappa shape index (κ1) is 14.8. The van der Waals surface area contributed by atoms with Gasteiger partial charge in [-0.15, -0.1) is 11.6 Å². The van der Waals surface area contributed by atoms with Gasteiger partial charge in [-0.3, -0.25) is 0 Å². The van der Waals surface area contributed by atoms with E-state index in [1.807, 2.05) is 25.1 Å². The van der Waals surface area contributed by atoms with Crippen LogP contribution in [0.5, 0.6) is 0 Å². The molecule has 0 fully saturated rings. The van der Waals surface area contributed by atoms with Crippen LogP contribution in [0, 0.1) is 19.7 Å². The number of benzene rings is 2. The fourth-order valence-electron chi connectivity index (χ4n) is 1.88. The molecule has 0 N–H and O–H groups in total. The Hall–Kier alpha value is -0.570. The van der Waals surface area contributed by atoms with Crippen LogP contribution in [0.15, 0.2) is 34.8 Å². The number of alkyl halides is 1. The van der Waals surface area contributed by atoms with E-state index in [1.54, 1.807) is 13.0 Å². The molecule has 0 aromatic heterocycles. The lowest BCUT2D eigenvalue weighted by Crippen LogP contribution is -1.98. The van der Waals surface area contributed by atoms with Gasteiger partial charge in [-0.25, -0.2) is 4.39 Å². The third-order valence-corrected chi connectivity index (χ3v) is 4.46. The summed E-state index contributed by atoms with van der Waals surface area (Å²) in [5.74, 6) is -0.319. The van der Waals surface area contributed by atoms with E-state index < -0.39 is 5.38 Å². The average Bonchev–Trinajstić information content (AvgIpc) is 2.33. The molecule has 0 saturated heterocycles. The largest absolute Gasteiger partial charge is 0.207 e. The van der Waals surface area contributed by atoms with Crippen molar-refractivity contribution < 1.29 is 4.39 Å². The predicted molar refractivity (Wildman–Crippen MR) is 82.7 cm³/mol. The highest BCUT2D eigenvalue weighted by Crippen LogP contribution is 2.38. The fourth-order valence-corrected chi connectivity index (χ4v) is 3.42. The van der Waals surface area contributed by atoms with E-state index in [1.165, 1.54) is 6.07 Å². The van der Waals surface area contributed by atoms with Crippen molar-refractivity contribution in [2.45, 2.75) is 19.2 Å². The quantitative estimate of drug-likeness (QED) is 0.559. The van der Waals surface area contributed by atoms with E-state index in [9.17, 15) is 4.39 Å². The maximum atomic E-state index is 13.4. The molecule has 2 aromatic carbocycles. The third-order valence-electron chi connectivity index (χ3n) is 2.98. The van der Waals surface area contributed by atoms with Gasteiger partial charge in [0.1, 0.15) is 5.82 Å². The third kappa shape index (κ3) is 3.13. The van der Waals surface area contributed by atoms with Gasteiger partial charge in [0.15, 0.2) is 0 Å². The highest BCUT2D eigenvalue weighted by atomic mass is 79.9. The first-order valence-corrected chi connectivity index (χ1v) is 7.36. The molecule has 4 heteroatoms. The molecule has 0 bridgehead atoms. The van der Waals surface area contributed by atoms with Crippen molar-refractivity contribution in [3.63, 3.8) is 0 Å². The van der Waals surface area contributed by atoms with Gasteiger partial charge in [0.25, 0.3) is 0 Å². The zero-order valence-electron chi connectivity index (χ0n) is 10.5. The van der Waals surface area contributed by atoms with E-state index in [4.69, 9.17) is 23.2 Å². The second-order valence-corrected chi connectivity index (χ2v) is 6.21. The summed E-state index contributed by atoms with van der Waals surface area (Å²) in [5.41, 5.74) is 3.31. The molecule has 0 radical (unpaired) electrons. The molecule has 2 aromatic rings. The Morgan fingerprint density at radius 1 is 1.11 bits per heavy atom. The number of halogens is 4. The minimum Gasteiger partial charge on any atom is -0.207 e. The molecule has 2 rings (SSSR count). The van der Waals surface area contributed by atoms with Crippen LogP contribution >= 0.6 is 39.1 Å². The number of hydrogen-bond acceptors (Lipinski definition) is 0. The summed E-state index contributed by atoms with van der Waals surface area (Å²) in [4.78, 5) is 0. The Labute approximate surface area is 130 Å². The zero-order valence-corrected chi connectivity index (χ0v) is 13.6. The van der Waals surface area contributed by atoms with Crippen LogP contribution in [0.1, 0.15) is 27.6 Å². The highest BCUT2D eigenvalue weighted by Gasteiger charge is 2.18. The molecule has 1 atom stereocenters. The van der Waals surface area contributed by atoms with Gasteiger partial charge in [0, 0.05) is 9.50 Å². The minimum absolute atomic E-state index is 0.319. The van der Waals surface area contributed by atoms with Crippen LogP contribution in [-0.2, 0) is 0 Å². The van der Waals surface area contributed by atoms with Crippen molar-refractivity contribution in [3.8, 4) is 0 Å². The van der Waals surface area contributed by atoms with Gasteiger partial charge >= 0.3 is 0 Å².